The molecule has 0 saturated heterocycles. The minimum atomic E-state index is -0.883. The first-order valence-electron chi connectivity index (χ1n) is 6.92. The van der Waals surface area contributed by atoms with Crippen LogP contribution in [0.1, 0.15) is 32.3 Å². The van der Waals surface area contributed by atoms with E-state index in [9.17, 15) is 9.59 Å². The van der Waals surface area contributed by atoms with Crippen molar-refractivity contribution in [2.45, 2.75) is 33.6 Å². The van der Waals surface area contributed by atoms with Gasteiger partial charge in [0.25, 0.3) is 0 Å². The van der Waals surface area contributed by atoms with Gasteiger partial charge in [-0.1, -0.05) is 32.0 Å². The van der Waals surface area contributed by atoms with E-state index in [2.05, 4.69) is 13.8 Å². The Hall–Kier alpha value is -1.84. The van der Waals surface area contributed by atoms with Crippen molar-refractivity contribution in [1.82, 2.24) is 0 Å². The lowest BCUT2D eigenvalue weighted by atomic mass is 10.1. The quantitative estimate of drug-likeness (QED) is 0.899. The van der Waals surface area contributed by atoms with E-state index < -0.39 is 5.97 Å². The van der Waals surface area contributed by atoms with Crippen LogP contribution in [0.4, 0.5) is 5.69 Å². The van der Waals surface area contributed by atoms with Crippen molar-refractivity contribution in [2.24, 2.45) is 11.3 Å². The van der Waals surface area contributed by atoms with Crippen molar-refractivity contribution >= 4 is 17.6 Å². The van der Waals surface area contributed by atoms with Crippen LogP contribution in [-0.4, -0.2) is 23.5 Å². The van der Waals surface area contributed by atoms with Crippen LogP contribution in [0.2, 0.25) is 0 Å². The number of anilines is 1. The van der Waals surface area contributed by atoms with E-state index in [1.54, 1.807) is 4.90 Å². The molecular weight excluding hydrogens is 254 g/mol. The van der Waals surface area contributed by atoms with E-state index in [4.69, 9.17) is 5.11 Å². The number of hydrogen-bond donors (Lipinski definition) is 1. The fourth-order valence-electron chi connectivity index (χ4n) is 2.50. The summed E-state index contributed by atoms with van der Waals surface area (Å²) in [5, 5.41) is 8.88. The summed E-state index contributed by atoms with van der Waals surface area (Å²) in [5.41, 5.74) is 1.85. The van der Waals surface area contributed by atoms with E-state index in [0.717, 1.165) is 17.7 Å². The van der Waals surface area contributed by atoms with Gasteiger partial charge in [-0.25, -0.2) is 0 Å². The van der Waals surface area contributed by atoms with E-state index in [0.29, 0.717) is 0 Å². The molecule has 1 aliphatic rings. The molecule has 1 aromatic carbocycles. The molecule has 4 heteroatoms. The second kappa shape index (κ2) is 5.27. The molecule has 1 unspecified atom stereocenters. The number of carbonyl (C=O) groups is 2. The number of para-hydroxylation sites is 1. The van der Waals surface area contributed by atoms with Gasteiger partial charge in [0.2, 0.25) is 5.91 Å². The van der Waals surface area contributed by atoms with Crippen LogP contribution in [0.5, 0.6) is 0 Å². The maximum atomic E-state index is 12.6. The molecule has 1 atom stereocenters. The highest BCUT2D eigenvalue weighted by molar-refractivity contribution is 5.98. The van der Waals surface area contributed by atoms with Gasteiger partial charge in [-0.3, -0.25) is 9.59 Å². The number of rotatable bonds is 5. The second-order valence-electron chi connectivity index (χ2n) is 6.17. The van der Waals surface area contributed by atoms with Crippen LogP contribution in [0.25, 0.3) is 0 Å². The van der Waals surface area contributed by atoms with Gasteiger partial charge in [0.05, 0.1) is 6.42 Å². The van der Waals surface area contributed by atoms with Gasteiger partial charge in [0.15, 0.2) is 0 Å². The number of aliphatic carboxylic acids is 1. The fourth-order valence-corrected chi connectivity index (χ4v) is 2.50. The zero-order valence-corrected chi connectivity index (χ0v) is 12.2. The minimum absolute atomic E-state index is 0.0101. The molecule has 108 valence electrons. The summed E-state index contributed by atoms with van der Waals surface area (Å²) < 4.78 is 0. The molecule has 20 heavy (non-hydrogen) atoms. The molecule has 0 heterocycles. The number of nitrogens with zero attached hydrogens (tertiary/aromatic N) is 1. The third-order valence-electron chi connectivity index (χ3n) is 4.03. The van der Waals surface area contributed by atoms with Crippen LogP contribution in [0.15, 0.2) is 24.3 Å². The van der Waals surface area contributed by atoms with Crippen LogP contribution in [-0.2, 0) is 9.59 Å². The molecule has 0 bridgehead atoms. The van der Waals surface area contributed by atoms with Crippen molar-refractivity contribution in [3.05, 3.63) is 29.8 Å². The van der Waals surface area contributed by atoms with Gasteiger partial charge in [-0.2, -0.15) is 0 Å². The molecule has 0 radical (unpaired) electrons. The lowest BCUT2D eigenvalue weighted by molar-refractivity contribution is -0.136. The molecule has 1 saturated carbocycles. The molecule has 1 fully saturated rings. The highest BCUT2D eigenvalue weighted by Crippen LogP contribution is 2.52. The number of benzene rings is 1. The van der Waals surface area contributed by atoms with Crippen LogP contribution in [0, 0.1) is 18.3 Å². The highest BCUT2D eigenvalue weighted by Gasteiger charge is 2.52. The first-order valence-corrected chi connectivity index (χ1v) is 6.92. The summed E-state index contributed by atoms with van der Waals surface area (Å²) in [6.45, 7) is 6.31. The molecule has 1 aliphatic carbocycles. The Kier molecular flexibility index (Phi) is 3.84. The number of amides is 1. The molecule has 1 aromatic rings. The van der Waals surface area contributed by atoms with Crippen molar-refractivity contribution in [1.29, 1.82) is 0 Å². The molecule has 1 N–H and O–H groups in total. The second-order valence-corrected chi connectivity index (χ2v) is 6.17. The average molecular weight is 275 g/mol. The summed E-state index contributed by atoms with van der Waals surface area (Å²) >= 11 is 0. The average Bonchev–Trinajstić information content (AvgIpc) is 3.00. The zero-order valence-electron chi connectivity index (χ0n) is 12.2. The van der Waals surface area contributed by atoms with Gasteiger partial charge in [0.1, 0.15) is 0 Å². The standard InChI is InChI=1S/C16H21NO3/c1-11-6-4-5-7-13(11)17(9-8-14(18)19)15(20)12-10-16(12,2)3/h4-7,12H,8-10H2,1-3H3,(H,18,19). The summed E-state index contributed by atoms with van der Waals surface area (Å²) in [6.07, 6.45) is 0.842. The largest absolute Gasteiger partial charge is 0.481 e. The topological polar surface area (TPSA) is 57.6 Å². The molecule has 0 aliphatic heterocycles. The Labute approximate surface area is 119 Å². The summed E-state index contributed by atoms with van der Waals surface area (Å²) in [4.78, 5) is 25.1. The predicted molar refractivity (Wildman–Crippen MR) is 77.7 cm³/mol. The van der Waals surface area contributed by atoms with E-state index in [1.807, 2.05) is 31.2 Å². The van der Waals surface area contributed by atoms with Gasteiger partial charge in [-0.05, 0) is 30.4 Å². The molecule has 1 amide bonds. The summed E-state index contributed by atoms with van der Waals surface area (Å²) in [6, 6.07) is 7.61. The Morgan fingerprint density at radius 1 is 1.35 bits per heavy atom. The van der Waals surface area contributed by atoms with E-state index >= 15 is 0 Å². The van der Waals surface area contributed by atoms with Crippen molar-refractivity contribution in [2.75, 3.05) is 11.4 Å². The fraction of sp³-hybridized carbons (Fsp3) is 0.500. The predicted octanol–water partition coefficient (Wildman–Crippen LogP) is 2.85. The lowest BCUT2D eigenvalue weighted by Crippen LogP contribution is -2.35. The van der Waals surface area contributed by atoms with Crippen LogP contribution >= 0.6 is 0 Å². The minimum Gasteiger partial charge on any atom is -0.481 e. The smallest absolute Gasteiger partial charge is 0.305 e. The van der Waals surface area contributed by atoms with Gasteiger partial charge in [-0.15, -0.1) is 0 Å². The molecule has 4 nitrogen and oxygen atoms in total. The molecular formula is C16H21NO3. The molecule has 2 rings (SSSR count). The van der Waals surface area contributed by atoms with Crippen molar-refractivity contribution in [3.8, 4) is 0 Å². The molecule has 0 spiro atoms. The van der Waals surface area contributed by atoms with Crippen LogP contribution in [0.3, 0.4) is 0 Å². The number of carboxylic acid groups (broad SMARTS) is 1. The Morgan fingerprint density at radius 2 is 1.95 bits per heavy atom. The van der Waals surface area contributed by atoms with Crippen molar-refractivity contribution in [3.63, 3.8) is 0 Å². The van der Waals surface area contributed by atoms with Gasteiger partial charge >= 0.3 is 5.97 Å². The highest BCUT2D eigenvalue weighted by atomic mass is 16.4. The van der Waals surface area contributed by atoms with Crippen LogP contribution < -0.4 is 4.90 Å². The zero-order chi connectivity index (χ0) is 14.9. The lowest BCUT2D eigenvalue weighted by Gasteiger charge is -2.24. The van der Waals surface area contributed by atoms with E-state index in [-0.39, 0.29) is 30.2 Å². The summed E-state index contributed by atoms with van der Waals surface area (Å²) in [7, 11) is 0. The van der Waals surface area contributed by atoms with Crippen molar-refractivity contribution < 1.29 is 14.7 Å². The monoisotopic (exact) mass is 275 g/mol. The SMILES string of the molecule is Cc1ccccc1N(CCC(=O)O)C(=O)C1CC1(C)C. The van der Waals surface area contributed by atoms with E-state index in [1.165, 1.54) is 0 Å². The number of carboxylic acids is 1. The Morgan fingerprint density at radius 3 is 2.45 bits per heavy atom. The third-order valence-corrected chi connectivity index (χ3v) is 4.03. The maximum Gasteiger partial charge on any atom is 0.305 e. The Bertz CT molecular complexity index is 536. The normalized spacial score (nSPS) is 19.4. The summed E-state index contributed by atoms with van der Waals surface area (Å²) in [5.74, 6) is -0.826. The molecule has 0 aromatic heterocycles. The number of carbonyl (C=O) groups excluding carboxylic acids is 1. The van der Waals surface area contributed by atoms with Gasteiger partial charge < -0.3 is 10.0 Å². The first-order chi connectivity index (χ1) is 9.33. The Balaban J connectivity index is 2.23. The van der Waals surface area contributed by atoms with Gasteiger partial charge in [0, 0.05) is 18.2 Å². The first kappa shape index (κ1) is 14.6. The number of aryl methyl sites for hydroxylation is 1. The third kappa shape index (κ3) is 3.00. The number of hydrogen-bond acceptors (Lipinski definition) is 2. The maximum absolute atomic E-state index is 12.6.